The van der Waals surface area contributed by atoms with Crippen LogP contribution in [0.5, 0.6) is 0 Å². The van der Waals surface area contributed by atoms with Crippen molar-refractivity contribution in [1.29, 1.82) is 0 Å². The number of halogens is 1. The van der Waals surface area contributed by atoms with Crippen molar-refractivity contribution >= 4 is 11.8 Å². The number of thioether (sulfide) groups is 1. The zero-order valence-corrected chi connectivity index (χ0v) is 10.1. The van der Waals surface area contributed by atoms with Crippen LogP contribution in [0.2, 0.25) is 0 Å². The van der Waals surface area contributed by atoms with Crippen LogP contribution in [0.1, 0.15) is 11.1 Å². The van der Waals surface area contributed by atoms with Crippen molar-refractivity contribution in [1.82, 2.24) is 4.90 Å². The van der Waals surface area contributed by atoms with E-state index >= 15 is 0 Å². The molecule has 4 heteroatoms. The van der Waals surface area contributed by atoms with E-state index in [4.69, 9.17) is 5.73 Å². The van der Waals surface area contributed by atoms with Gasteiger partial charge < -0.3 is 5.73 Å². The Kier molecular flexibility index (Phi) is 4.21. The molecule has 1 aromatic carbocycles. The van der Waals surface area contributed by atoms with Gasteiger partial charge in [0.05, 0.1) is 0 Å². The molecule has 1 saturated heterocycles. The average Bonchev–Trinajstić information content (AvgIpc) is 2.33. The third-order valence-electron chi connectivity index (χ3n) is 2.84. The predicted molar refractivity (Wildman–Crippen MR) is 66.9 cm³/mol. The van der Waals surface area contributed by atoms with Gasteiger partial charge in [0.25, 0.3) is 0 Å². The minimum atomic E-state index is -0.115. The number of nitrogens with zero attached hydrogens (tertiary/aromatic N) is 1. The van der Waals surface area contributed by atoms with Crippen molar-refractivity contribution < 1.29 is 4.39 Å². The molecule has 2 nitrogen and oxygen atoms in total. The topological polar surface area (TPSA) is 29.3 Å². The lowest BCUT2D eigenvalue weighted by Gasteiger charge is -2.26. The van der Waals surface area contributed by atoms with Crippen LogP contribution in [0.4, 0.5) is 4.39 Å². The van der Waals surface area contributed by atoms with Gasteiger partial charge in [-0.3, -0.25) is 4.90 Å². The summed E-state index contributed by atoms with van der Waals surface area (Å²) in [5, 5.41) is 0. The fraction of sp³-hybridized carbons (Fsp3) is 0.500. The molecule has 0 saturated carbocycles. The normalized spacial score (nSPS) is 17.6. The quantitative estimate of drug-likeness (QED) is 0.874. The second-order valence-corrected chi connectivity index (χ2v) is 5.24. The molecule has 2 N–H and O–H groups in total. The molecule has 0 atom stereocenters. The Balaban J connectivity index is 2.06. The van der Waals surface area contributed by atoms with Gasteiger partial charge in [-0.2, -0.15) is 11.8 Å². The zero-order valence-electron chi connectivity index (χ0n) is 9.29. The third kappa shape index (κ3) is 2.97. The molecule has 16 heavy (non-hydrogen) atoms. The molecule has 0 bridgehead atoms. The van der Waals surface area contributed by atoms with Gasteiger partial charge in [0.15, 0.2) is 0 Å². The lowest BCUT2D eigenvalue weighted by atomic mass is 10.1. The highest BCUT2D eigenvalue weighted by atomic mass is 32.2. The first kappa shape index (κ1) is 11.9. The molecule has 0 unspecified atom stereocenters. The van der Waals surface area contributed by atoms with E-state index in [1.807, 2.05) is 17.8 Å². The highest BCUT2D eigenvalue weighted by Gasteiger charge is 2.13. The van der Waals surface area contributed by atoms with Gasteiger partial charge in [-0.25, -0.2) is 4.39 Å². The SMILES string of the molecule is NCc1ccc(F)c(CN2CCSCC2)c1. The van der Waals surface area contributed by atoms with Crippen molar-refractivity contribution in [3.63, 3.8) is 0 Å². The van der Waals surface area contributed by atoms with E-state index < -0.39 is 0 Å². The van der Waals surface area contributed by atoms with Crippen molar-refractivity contribution in [3.05, 3.63) is 35.1 Å². The van der Waals surface area contributed by atoms with Crippen LogP contribution in [-0.2, 0) is 13.1 Å². The maximum atomic E-state index is 13.6. The molecule has 0 aromatic heterocycles. The van der Waals surface area contributed by atoms with Crippen LogP contribution in [-0.4, -0.2) is 29.5 Å². The summed E-state index contributed by atoms with van der Waals surface area (Å²) in [7, 11) is 0. The summed E-state index contributed by atoms with van der Waals surface area (Å²) in [6.45, 7) is 3.29. The molecular formula is C12H17FN2S. The summed E-state index contributed by atoms with van der Waals surface area (Å²) in [6, 6.07) is 5.16. The fourth-order valence-corrected chi connectivity index (χ4v) is 2.86. The third-order valence-corrected chi connectivity index (χ3v) is 3.79. The molecule has 1 fully saturated rings. The van der Waals surface area contributed by atoms with E-state index in [1.165, 1.54) is 6.07 Å². The van der Waals surface area contributed by atoms with Crippen LogP contribution < -0.4 is 5.73 Å². The first-order valence-electron chi connectivity index (χ1n) is 5.57. The van der Waals surface area contributed by atoms with Crippen LogP contribution in [0.3, 0.4) is 0 Å². The first-order valence-corrected chi connectivity index (χ1v) is 6.72. The Hall–Kier alpha value is -0.580. The highest BCUT2D eigenvalue weighted by Crippen LogP contribution is 2.16. The molecule has 1 heterocycles. The number of rotatable bonds is 3. The van der Waals surface area contributed by atoms with E-state index in [0.717, 1.165) is 35.7 Å². The minimum absolute atomic E-state index is 0.115. The maximum absolute atomic E-state index is 13.6. The van der Waals surface area contributed by atoms with Crippen molar-refractivity contribution in [2.24, 2.45) is 5.73 Å². The van der Waals surface area contributed by atoms with Crippen molar-refractivity contribution in [2.45, 2.75) is 13.1 Å². The number of hydrogen-bond acceptors (Lipinski definition) is 3. The molecule has 2 rings (SSSR count). The number of hydrogen-bond donors (Lipinski definition) is 1. The Labute approximate surface area is 100 Å². The van der Waals surface area contributed by atoms with E-state index in [0.29, 0.717) is 13.1 Å². The second kappa shape index (κ2) is 5.66. The lowest BCUT2D eigenvalue weighted by molar-refractivity contribution is 0.290. The molecule has 0 amide bonds. The fourth-order valence-electron chi connectivity index (χ4n) is 1.88. The van der Waals surface area contributed by atoms with Crippen LogP contribution in [0.15, 0.2) is 18.2 Å². The van der Waals surface area contributed by atoms with Gasteiger partial charge in [0.1, 0.15) is 5.82 Å². The Morgan fingerprint density at radius 2 is 2.06 bits per heavy atom. The summed E-state index contributed by atoms with van der Waals surface area (Å²) in [5.74, 6) is 2.19. The van der Waals surface area contributed by atoms with Crippen LogP contribution in [0, 0.1) is 5.82 Å². The lowest BCUT2D eigenvalue weighted by Crippen LogP contribution is -2.32. The summed E-state index contributed by atoms with van der Waals surface area (Å²) in [4.78, 5) is 2.30. The van der Waals surface area contributed by atoms with Gasteiger partial charge in [0.2, 0.25) is 0 Å². The van der Waals surface area contributed by atoms with Gasteiger partial charge >= 0.3 is 0 Å². The number of nitrogens with two attached hydrogens (primary N) is 1. The first-order chi connectivity index (χ1) is 7.79. The van der Waals surface area contributed by atoms with Gasteiger partial charge in [-0.15, -0.1) is 0 Å². The smallest absolute Gasteiger partial charge is 0.127 e. The molecule has 1 aromatic rings. The Morgan fingerprint density at radius 1 is 1.31 bits per heavy atom. The molecule has 0 spiro atoms. The summed E-state index contributed by atoms with van der Waals surface area (Å²) >= 11 is 1.97. The maximum Gasteiger partial charge on any atom is 0.127 e. The zero-order chi connectivity index (χ0) is 11.4. The van der Waals surface area contributed by atoms with E-state index in [2.05, 4.69) is 4.90 Å². The number of benzene rings is 1. The monoisotopic (exact) mass is 240 g/mol. The molecule has 0 radical (unpaired) electrons. The highest BCUT2D eigenvalue weighted by molar-refractivity contribution is 7.99. The second-order valence-electron chi connectivity index (χ2n) is 4.02. The Bertz CT molecular complexity index is 351. The predicted octanol–water partition coefficient (Wildman–Crippen LogP) is 1.83. The summed E-state index contributed by atoms with van der Waals surface area (Å²) in [5.41, 5.74) is 7.34. The largest absolute Gasteiger partial charge is 0.326 e. The van der Waals surface area contributed by atoms with E-state index in [1.54, 1.807) is 6.07 Å². The minimum Gasteiger partial charge on any atom is -0.326 e. The van der Waals surface area contributed by atoms with Gasteiger partial charge in [-0.1, -0.05) is 12.1 Å². The Morgan fingerprint density at radius 3 is 2.75 bits per heavy atom. The molecule has 88 valence electrons. The van der Waals surface area contributed by atoms with E-state index in [9.17, 15) is 4.39 Å². The average molecular weight is 240 g/mol. The van der Waals surface area contributed by atoms with Crippen LogP contribution >= 0.6 is 11.8 Å². The van der Waals surface area contributed by atoms with Gasteiger partial charge in [0, 0.05) is 43.2 Å². The van der Waals surface area contributed by atoms with E-state index in [-0.39, 0.29) is 5.82 Å². The van der Waals surface area contributed by atoms with Crippen molar-refractivity contribution in [2.75, 3.05) is 24.6 Å². The molecule has 1 aliphatic rings. The summed E-state index contributed by atoms with van der Waals surface area (Å²) in [6.07, 6.45) is 0. The standard InChI is InChI=1S/C12H17FN2S/c13-12-2-1-10(8-14)7-11(12)9-15-3-5-16-6-4-15/h1-2,7H,3-6,8-9,14H2. The summed E-state index contributed by atoms with van der Waals surface area (Å²) < 4.78 is 13.6. The van der Waals surface area contributed by atoms with Crippen LogP contribution in [0.25, 0.3) is 0 Å². The van der Waals surface area contributed by atoms with Gasteiger partial charge in [-0.05, 0) is 11.6 Å². The van der Waals surface area contributed by atoms with Crippen molar-refractivity contribution in [3.8, 4) is 0 Å². The molecule has 1 aliphatic heterocycles. The molecular weight excluding hydrogens is 223 g/mol. The molecule has 0 aliphatic carbocycles.